The van der Waals surface area contributed by atoms with E-state index in [0.29, 0.717) is 43.7 Å². The predicted molar refractivity (Wildman–Crippen MR) is 216 cm³/mol. The summed E-state index contributed by atoms with van der Waals surface area (Å²) in [6.45, 7) is 3.27. The van der Waals surface area contributed by atoms with Crippen molar-refractivity contribution in [2.24, 2.45) is 10.3 Å². The van der Waals surface area contributed by atoms with Gasteiger partial charge in [-0.3, -0.25) is 9.59 Å². The molecule has 2 aromatic heterocycles. The number of carbonyl (C=O) groups excluding carboxylic acids is 2. The molecule has 0 fully saturated rings. The van der Waals surface area contributed by atoms with E-state index in [0.717, 1.165) is 0 Å². The summed E-state index contributed by atoms with van der Waals surface area (Å²) in [6.07, 6.45) is 2.79. The lowest BCUT2D eigenvalue weighted by Gasteiger charge is -2.13. The number of aromatic nitrogens is 4. The molecule has 0 saturated carbocycles. The van der Waals surface area contributed by atoms with E-state index in [1.165, 1.54) is 58.2 Å². The van der Waals surface area contributed by atoms with Crippen molar-refractivity contribution in [3.8, 4) is 23.5 Å². The maximum Gasteiger partial charge on any atom is 0.240 e. The van der Waals surface area contributed by atoms with Crippen LogP contribution >= 0.6 is 23.2 Å². The third kappa shape index (κ3) is 10.3. The molecular weight excluding hydrogens is 828 g/mol. The van der Waals surface area contributed by atoms with Crippen molar-refractivity contribution in [2.45, 2.75) is 36.5 Å². The van der Waals surface area contributed by atoms with Crippen LogP contribution in [0.1, 0.15) is 33.6 Å². The number of rotatable bonds is 10. The van der Waals surface area contributed by atoms with Crippen LogP contribution in [0.4, 0.5) is 11.4 Å². The highest BCUT2D eigenvalue weighted by atomic mass is 35.5. The van der Waals surface area contributed by atoms with E-state index >= 15 is 0 Å². The second-order valence-corrected chi connectivity index (χ2v) is 16.3. The lowest BCUT2D eigenvalue weighted by molar-refractivity contribution is -0.116. The van der Waals surface area contributed by atoms with Gasteiger partial charge in [0.25, 0.3) is 0 Å². The SMILES string of the molecule is Cc1c(C#N)cnn1-c1ccc(NC(=O)Cc2ccccc2Cl)cc1S(N)(=O)=O.Cc1nn(-c2ccc(NC(=O)Cc3ccccc3Cl)cc2S(N)(=O)=O)cc1C#N. The van der Waals surface area contributed by atoms with E-state index in [1.807, 2.05) is 12.1 Å². The Bertz CT molecular complexity index is 2870. The quantitative estimate of drug-likeness (QED) is 0.142. The number of hydrogen-bond donors (Lipinski definition) is 4. The molecule has 0 radical (unpaired) electrons. The standard InChI is InChI=1S/2C19H16ClN5O3S/c1-12-14(10-21)11-25(24-12)17-7-6-15(9-18(17)29(22,27)28)23-19(26)8-13-4-2-3-5-16(13)20;1-12-14(10-21)11-23-25(12)17-7-6-15(9-18(17)29(22,27)28)24-19(26)8-13-4-2-3-5-16(13)20/h2-7,9,11H,8H2,1H3,(H,23,26)(H2,22,27,28);2-7,9,11H,8H2,1H3,(H,24,26)(H2,22,27,28). The van der Waals surface area contributed by atoms with Gasteiger partial charge in [-0.25, -0.2) is 36.5 Å². The summed E-state index contributed by atoms with van der Waals surface area (Å²) >= 11 is 12.1. The number of aryl methyl sites for hydroxylation is 1. The van der Waals surface area contributed by atoms with E-state index in [-0.39, 0.29) is 57.2 Å². The molecule has 0 saturated heterocycles. The van der Waals surface area contributed by atoms with E-state index in [2.05, 4.69) is 20.8 Å². The van der Waals surface area contributed by atoms with Gasteiger partial charge in [0.15, 0.2) is 0 Å². The highest BCUT2D eigenvalue weighted by Gasteiger charge is 2.21. The predicted octanol–water partition coefficient (Wildman–Crippen LogP) is 5.07. The topological polar surface area (TPSA) is 262 Å². The fraction of sp³-hybridized carbons (Fsp3) is 0.105. The Labute approximate surface area is 343 Å². The Morgan fingerprint density at radius 1 is 0.724 bits per heavy atom. The molecule has 2 amide bonds. The second-order valence-electron chi connectivity index (χ2n) is 12.4. The number of nitriles is 2. The number of nitrogens with one attached hydrogen (secondary N) is 2. The summed E-state index contributed by atoms with van der Waals surface area (Å²) < 4.78 is 51.0. The minimum absolute atomic E-state index is 0.0237. The average molecular weight is 860 g/mol. The van der Waals surface area contributed by atoms with E-state index in [9.17, 15) is 26.4 Å². The third-order valence-corrected chi connectivity index (χ3v) is 11.0. The molecule has 20 heteroatoms. The number of hydrogen-bond acceptors (Lipinski definition) is 10. The maximum atomic E-state index is 12.3. The number of nitrogens with two attached hydrogens (primary N) is 2. The third-order valence-electron chi connectivity index (χ3n) is 8.34. The molecule has 0 unspecified atom stereocenters. The number of sulfonamides is 2. The molecule has 6 rings (SSSR count). The molecule has 0 bridgehead atoms. The van der Waals surface area contributed by atoms with Gasteiger partial charge in [-0.15, -0.1) is 0 Å². The van der Waals surface area contributed by atoms with Crippen LogP contribution in [0.2, 0.25) is 10.0 Å². The molecule has 58 heavy (non-hydrogen) atoms. The zero-order valence-electron chi connectivity index (χ0n) is 30.5. The van der Waals surface area contributed by atoms with Gasteiger partial charge >= 0.3 is 0 Å². The number of primary sulfonamides is 2. The summed E-state index contributed by atoms with van der Waals surface area (Å²) in [6, 6.07) is 26.3. The Kier molecular flexibility index (Phi) is 13.1. The van der Waals surface area contributed by atoms with Gasteiger partial charge in [-0.2, -0.15) is 20.7 Å². The fourth-order valence-corrected chi connectivity index (χ4v) is 7.39. The van der Waals surface area contributed by atoms with Crippen LogP contribution in [0, 0.1) is 36.5 Å². The van der Waals surface area contributed by atoms with Crippen molar-refractivity contribution in [3.05, 3.63) is 141 Å². The van der Waals surface area contributed by atoms with Gasteiger partial charge in [0, 0.05) is 27.6 Å². The fourth-order valence-electron chi connectivity index (χ4n) is 5.50. The second kappa shape index (κ2) is 17.8. The lowest BCUT2D eigenvalue weighted by atomic mass is 10.1. The largest absolute Gasteiger partial charge is 0.326 e. The summed E-state index contributed by atoms with van der Waals surface area (Å²) in [5.41, 5.74) is 3.66. The number of anilines is 2. The minimum Gasteiger partial charge on any atom is -0.326 e. The van der Waals surface area contributed by atoms with Crippen LogP contribution in [0.25, 0.3) is 11.4 Å². The highest BCUT2D eigenvalue weighted by Crippen LogP contribution is 2.27. The normalized spacial score (nSPS) is 11.1. The summed E-state index contributed by atoms with van der Waals surface area (Å²) in [7, 11) is -8.27. The summed E-state index contributed by atoms with van der Waals surface area (Å²) in [5.74, 6) is -0.735. The first kappa shape index (κ1) is 42.8. The van der Waals surface area contributed by atoms with Crippen LogP contribution in [0.5, 0.6) is 0 Å². The zero-order chi connectivity index (χ0) is 42.4. The molecule has 2 heterocycles. The van der Waals surface area contributed by atoms with Crippen molar-refractivity contribution in [3.63, 3.8) is 0 Å². The monoisotopic (exact) mass is 858 g/mol. The molecule has 296 valence electrons. The van der Waals surface area contributed by atoms with Crippen molar-refractivity contribution in [1.82, 2.24) is 19.6 Å². The number of carbonyl (C=O) groups is 2. The van der Waals surface area contributed by atoms with Crippen molar-refractivity contribution < 1.29 is 26.4 Å². The molecule has 6 aromatic rings. The first-order chi connectivity index (χ1) is 27.4. The van der Waals surface area contributed by atoms with Gasteiger partial charge in [0.1, 0.15) is 21.9 Å². The molecule has 4 aromatic carbocycles. The van der Waals surface area contributed by atoms with Crippen LogP contribution in [0.3, 0.4) is 0 Å². The van der Waals surface area contributed by atoms with Gasteiger partial charge in [-0.05, 0) is 73.5 Å². The molecule has 0 aliphatic carbocycles. The van der Waals surface area contributed by atoms with Gasteiger partial charge in [0.05, 0.1) is 52.9 Å². The minimum atomic E-state index is -4.14. The van der Waals surface area contributed by atoms with E-state index < -0.39 is 20.0 Å². The molecular formula is C38H32Cl2N10O6S2. The number of halogens is 2. The Morgan fingerprint density at radius 3 is 1.62 bits per heavy atom. The summed E-state index contributed by atoms with van der Waals surface area (Å²) in [5, 5.41) is 43.3. The Balaban J connectivity index is 0.000000221. The van der Waals surface area contributed by atoms with E-state index in [4.69, 9.17) is 44.0 Å². The zero-order valence-corrected chi connectivity index (χ0v) is 33.7. The first-order valence-corrected chi connectivity index (χ1v) is 20.6. The molecule has 0 aliphatic rings. The average Bonchev–Trinajstić information content (AvgIpc) is 3.74. The highest BCUT2D eigenvalue weighted by molar-refractivity contribution is 7.89. The molecule has 0 spiro atoms. The van der Waals surface area contributed by atoms with Gasteiger partial charge in [0.2, 0.25) is 31.9 Å². The smallest absolute Gasteiger partial charge is 0.240 e. The number of nitrogens with zero attached hydrogens (tertiary/aromatic N) is 6. The van der Waals surface area contributed by atoms with Crippen molar-refractivity contribution >= 4 is 66.4 Å². The number of benzene rings is 4. The van der Waals surface area contributed by atoms with Crippen molar-refractivity contribution in [1.29, 1.82) is 10.5 Å². The Morgan fingerprint density at radius 2 is 1.19 bits per heavy atom. The van der Waals surface area contributed by atoms with Crippen LogP contribution < -0.4 is 20.9 Å². The van der Waals surface area contributed by atoms with Crippen molar-refractivity contribution in [2.75, 3.05) is 10.6 Å². The maximum absolute atomic E-state index is 12.3. The summed E-state index contributed by atoms with van der Waals surface area (Å²) in [4.78, 5) is 24.2. The van der Waals surface area contributed by atoms with Crippen LogP contribution in [-0.4, -0.2) is 48.2 Å². The van der Waals surface area contributed by atoms with Crippen LogP contribution in [0.15, 0.2) is 107 Å². The molecule has 0 atom stereocenters. The Hall–Kier alpha value is -6.38. The number of amides is 2. The van der Waals surface area contributed by atoms with E-state index in [1.54, 1.807) is 62.4 Å². The first-order valence-electron chi connectivity index (χ1n) is 16.7. The molecule has 0 aliphatic heterocycles. The van der Waals surface area contributed by atoms with Gasteiger partial charge in [-0.1, -0.05) is 59.6 Å². The van der Waals surface area contributed by atoms with Gasteiger partial charge < -0.3 is 10.6 Å². The lowest BCUT2D eigenvalue weighted by Crippen LogP contribution is -2.18. The van der Waals surface area contributed by atoms with Crippen LogP contribution in [-0.2, 0) is 42.5 Å². The molecule has 16 nitrogen and oxygen atoms in total. The molecule has 6 N–H and O–H groups in total.